The van der Waals surface area contributed by atoms with E-state index in [9.17, 15) is 9.50 Å². The molecule has 0 saturated carbocycles. The Morgan fingerprint density at radius 3 is 2.89 bits per heavy atom. The minimum atomic E-state index is -0.348. The zero-order valence-electron chi connectivity index (χ0n) is 10.3. The summed E-state index contributed by atoms with van der Waals surface area (Å²) >= 11 is 0. The maximum atomic E-state index is 13.8. The number of para-hydroxylation sites is 1. The van der Waals surface area contributed by atoms with Gasteiger partial charge in [-0.3, -0.25) is 4.98 Å². The topological polar surface area (TPSA) is 50.9 Å². The number of hydrogen-bond acceptors (Lipinski definition) is 3. The standard InChI is InChI=1S/C14H12FN3O/c1-2-18-12-5-3-4-11(15)13(12)17-14(18)9-6-10(19)8-16-7-9/h3-8,19H,2H2,1H3. The Balaban J connectivity index is 2.32. The number of nitrogens with zero attached hydrogens (tertiary/aromatic N) is 3. The van der Waals surface area contributed by atoms with Crippen LogP contribution in [0.2, 0.25) is 0 Å². The summed E-state index contributed by atoms with van der Waals surface area (Å²) < 4.78 is 15.7. The van der Waals surface area contributed by atoms with Crippen LogP contribution in [0.3, 0.4) is 0 Å². The summed E-state index contributed by atoms with van der Waals surface area (Å²) in [7, 11) is 0. The van der Waals surface area contributed by atoms with Crippen LogP contribution >= 0.6 is 0 Å². The van der Waals surface area contributed by atoms with Gasteiger partial charge in [-0.1, -0.05) is 6.07 Å². The van der Waals surface area contributed by atoms with Gasteiger partial charge in [-0.05, 0) is 25.1 Å². The third-order valence-corrected chi connectivity index (χ3v) is 3.03. The number of benzene rings is 1. The second-order valence-corrected chi connectivity index (χ2v) is 4.22. The average molecular weight is 257 g/mol. The zero-order valence-corrected chi connectivity index (χ0v) is 10.3. The van der Waals surface area contributed by atoms with E-state index in [-0.39, 0.29) is 11.6 Å². The van der Waals surface area contributed by atoms with Crippen LogP contribution in [0.5, 0.6) is 5.75 Å². The van der Waals surface area contributed by atoms with Crippen molar-refractivity contribution in [3.05, 3.63) is 42.5 Å². The Kier molecular flexibility index (Phi) is 2.67. The molecule has 1 N–H and O–H groups in total. The van der Waals surface area contributed by atoms with Crippen LogP contribution in [0.4, 0.5) is 4.39 Å². The van der Waals surface area contributed by atoms with E-state index in [1.807, 2.05) is 17.6 Å². The summed E-state index contributed by atoms with van der Waals surface area (Å²) in [6.07, 6.45) is 2.95. The Bertz CT molecular complexity index is 752. The van der Waals surface area contributed by atoms with Crippen LogP contribution < -0.4 is 0 Å². The quantitative estimate of drug-likeness (QED) is 0.767. The molecule has 0 atom stereocenters. The van der Waals surface area contributed by atoms with Crippen LogP contribution in [0.15, 0.2) is 36.7 Å². The third kappa shape index (κ3) is 1.83. The van der Waals surface area contributed by atoms with Crippen LogP contribution in [-0.4, -0.2) is 19.6 Å². The molecule has 0 saturated heterocycles. The lowest BCUT2D eigenvalue weighted by Crippen LogP contribution is -1.97. The number of hydrogen-bond donors (Lipinski definition) is 1. The summed E-state index contributed by atoms with van der Waals surface area (Å²) in [5.74, 6) is 0.317. The number of aromatic nitrogens is 3. The van der Waals surface area contributed by atoms with Gasteiger partial charge in [0, 0.05) is 18.3 Å². The first-order chi connectivity index (χ1) is 9.20. The number of pyridine rings is 1. The first-order valence-corrected chi connectivity index (χ1v) is 6.00. The van der Waals surface area contributed by atoms with Crippen molar-refractivity contribution in [1.29, 1.82) is 0 Å². The second-order valence-electron chi connectivity index (χ2n) is 4.22. The number of aromatic hydroxyl groups is 1. The SMILES string of the molecule is CCn1c(-c2cncc(O)c2)nc2c(F)cccc21. The monoisotopic (exact) mass is 257 g/mol. The fraction of sp³-hybridized carbons (Fsp3) is 0.143. The number of halogens is 1. The summed E-state index contributed by atoms with van der Waals surface area (Å²) in [6.45, 7) is 2.62. The summed E-state index contributed by atoms with van der Waals surface area (Å²) in [5, 5.41) is 9.49. The van der Waals surface area contributed by atoms with Gasteiger partial charge >= 0.3 is 0 Å². The Hall–Kier alpha value is -2.43. The van der Waals surface area contributed by atoms with E-state index in [4.69, 9.17) is 0 Å². The van der Waals surface area contributed by atoms with Crippen molar-refractivity contribution in [2.45, 2.75) is 13.5 Å². The highest BCUT2D eigenvalue weighted by Crippen LogP contribution is 2.27. The average Bonchev–Trinajstić information content (AvgIpc) is 2.79. The van der Waals surface area contributed by atoms with E-state index < -0.39 is 0 Å². The molecule has 0 fully saturated rings. The van der Waals surface area contributed by atoms with Gasteiger partial charge < -0.3 is 9.67 Å². The van der Waals surface area contributed by atoms with Crippen molar-refractivity contribution in [2.24, 2.45) is 0 Å². The first-order valence-electron chi connectivity index (χ1n) is 6.00. The van der Waals surface area contributed by atoms with E-state index in [1.54, 1.807) is 18.3 Å². The van der Waals surface area contributed by atoms with Crippen molar-refractivity contribution in [1.82, 2.24) is 14.5 Å². The first kappa shape index (κ1) is 11.6. The van der Waals surface area contributed by atoms with E-state index in [2.05, 4.69) is 9.97 Å². The van der Waals surface area contributed by atoms with Crippen molar-refractivity contribution >= 4 is 11.0 Å². The Morgan fingerprint density at radius 2 is 2.16 bits per heavy atom. The lowest BCUT2D eigenvalue weighted by molar-refractivity contribution is 0.473. The molecule has 0 spiro atoms. The molecule has 0 bridgehead atoms. The highest BCUT2D eigenvalue weighted by atomic mass is 19.1. The third-order valence-electron chi connectivity index (χ3n) is 3.03. The highest BCUT2D eigenvalue weighted by Gasteiger charge is 2.14. The number of rotatable bonds is 2. The van der Waals surface area contributed by atoms with Crippen molar-refractivity contribution < 1.29 is 9.50 Å². The maximum Gasteiger partial charge on any atom is 0.151 e. The lowest BCUT2D eigenvalue weighted by Gasteiger charge is -2.05. The van der Waals surface area contributed by atoms with Crippen molar-refractivity contribution in [2.75, 3.05) is 0 Å². The number of imidazole rings is 1. The van der Waals surface area contributed by atoms with Gasteiger partial charge in [0.15, 0.2) is 5.82 Å². The molecule has 4 nitrogen and oxygen atoms in total. The molecule has 3 rings (SSSR count). The van der Waals surface area contributed by atoms with Gasteiger partial charge in [-0.25, -0.2) is 9.37 Å². The molecule has 1 aromatic carbocycles. The fourth-order valence-electron chi connectivity index (χ4n) is 2.20. The molecular formula is C14H12FN3O. The molecule has 0 aliphatic rings. The van der Waals surface area contributed by atoms with Crippen LogP contribution in [-0.2, 0) is 6.54 Å². The Labute approximate surface area is 109 Å². The summed E-state index contributed by atoms with van der Waals surface area (Å²) in [4.78, 5) is 8.26. The molecule has 3 aromatic rings. The molecular weight excluding hydrogens is 245 g/mol. The van der Waals surface area contributed by atoms with Crippen molar-refractivity contribution in [3.63, 3.8) is 0 Å². The van der Waals surface area contributed by atoms with E-state index in [0.717, 1.165) is 5.52 Å². The second kappa shape index (κ2) is 4.35. The predicted molar refractivity (Wildman–Crippen MR) is 70.3 cm³/mol. The Morgan fingerprint density at radius 1 is 1.32 bits per heavy atom. The molecule has 2 heterocycles. The normalized spacial score (nSPS) is 11.1. The lowest BCUT2D eigenvalue weighted by atomic mass is 10.2. The molecule has 0 unspecified atom stereocenters. The number of aryl methyl sites for hydroxylation is 1. The molecule has 2 aromatic heterocycles. The van der Waals surface area contributed by atoms with Crippen LogP contribution in [0.25, 0.3) is 22.4 Å². The zero-order chi connectivity index (χ0) is 13.4. The molecule has 96 valence electrons. The molecule has 0 radical (unpaired) electrons. The largest absolute Gasteiger partial charge is 0.506 e. The van der Waals surface area contributed by atoms with Gasteiger partial charge in [0.1, 0.15) is 17.1 Å². The summed E-state index contributed by atoms with van der Waals surface area (Å²) in [6, 6.07) is 6.45. The van der Waals surface area contributed by atoms with Crippen LogP contribution in [0.1, 0.15) is 6.92 Å². The fourth-order valence-corrected chi connectivity index (χ4v) is 2.20. The van der Waals surface area contributed by atoms with Gasteiger partial charge in [0.25, 0.3) is 0 Å². The van der Waals surface area contributed by atoms with Gasteiger partial charge in [-0.15, -0.1) is 0 Å². The van der Waals surface area contributed by atoms with E-state index >= 15 is 0 Å². The highest BCUT2D eigenvalue weighted by molar-refractivity contribution is 5.81. The molecule has 0 amide bonds. The van der Waals surface area contributed by atoms with E-state index in [1.165, 1.54) is 12.3 Å². The molecule has 5 heteroatoms. The van der Waals surface area contributed by atoms with Crippen molar-refractivity contribution in [3.8, 4) is 17.1 Å². The number of fused-ring (bicyclic) bond motifs is 1. The molecule has 0 aliphatic heterocycles. The van der Waals surface area contributed by atoms with Crippen LogP contribution in [0, 0.1) is 5.82 Å². The van der Waals surface area contributed by atoms with Gasteiger partial charge in [0.2, 0.25) is 0 Å². The predicted octanol–water partition coefficient (Wildman–Crippen LogP) is 2.96. The minimum Gasteiger partial charge on any atom is -0.506 e. The summed E-state index contributed by atoms with van der Waals surface area (Å²) in [5.41, 5.74) is 1.74. The maximum absolute atomic E-state index is 13.8. The molecule has 0 aliphatic carbocycles. The van der Waals surface area contributed by atoms with Gasteiger partial charge in [0.05, 0.1) is 11.7 Å². The molecule has 19 heavy (non-hydrogen) atoms. The minimum absolute atomic E-state index is 0.0627. The van der Waals surface area contributed by atoms with E-state index in [0.29, 0.717) is 23.4 Å². The smallest absolute Gasteiger partial charge is 0.151 e. The van der Waals surface area contributed by atoms with Gasteiger partial charge in [-0.2, -0.15) is 0 Å².